The molecule has 0 aliphatic rings. The van der Waals surface area contributed by atoms with Crippen molar-refractivity contribution in [3.8, 4) is 5.75 Å². The minimum Gasteiger partial charge on any atom is -0.405 e. The summed E-state index contributed by atoms with van der Waals surface area (Å²) >= 11 is 0. The first-order valence-corrected chi connectivity index (χ1v) is 9.98. The molecular weight excluding hydrogens is 409 g/mol. The summed E-state index contributed by atoms with van der Waals surface area (Å²) in [6.07, 6.45) is -4.86. The van der Waals surface area contributed by atoms with Gasteiger partial charge in [-0.1, -0.05) is 18.2 Å². The normalized spacial score (nSPS) is 12.0. The van der Waals surface area contributed by atoms with Crippen LogP contribution in [0, 0.1) is 13.8 Å². The molecule has 0 aromatic heterocycles. The summed E-state index contributed by atoms with van der Waals surface area (Å²) in [5, 5.41) is 0. The zero-order chi connectivity index (χ0) is 22.0. The van der Waals surface area contributed by atoms with Crippen LogP contribution < -0.4 is 9.46 Å². The van der Waals surface area contributed by atoms with E-state index in [0.717, 1.165) is 6.07 Å². The Labute approximate surface area is 167 Å². The number of para-hydroxylation sites is 1. The third-order valence-electron chi connectivity index (χ3n) is 4.38. The maximum Gasteiger partial charge on any atom is 0.573 e. The minimum atomic E-state index is -4.86. The molecule has 29 heavy (non-hydrogen) atoms. The topological polar surface area (TPSA) is 75.7 Å². The van der Waals surface area contributed by atoms with Gasteiger partial charge in [-0.15, -0.1) is 13.2 Å². The van der Waals surface area contributed by atoms with Crippen LogP contribution in [0.1, 0.15) is 27.0 Å². The Kier molecular flexibility index (Phi) is 6.59. The van der Waals surface area contributed by atoms with Crippen LogP contribution in [0.25, 0.3) is 0 Å². The van der Waals surface area contributed by atoms with E-state index < -0.39 is 28.0 Å². The maximum absolute atomic E-state index is 12.8. The molecule has 0 spiro atoms. The molecule has 0 atom stereocenters. The summed E-state index contributed by atoms with van der Waals surface area (Å²) < 4.78 is 68.4. The van der Waals surface area contributed by atoms with Crippen LogP contribution >= 0.6 is 0 Å². The molecule has 0 saturated heterocycles. The minimum absolute atomic E-state index is 0.0300. The lowest BCUT2D eigenvalue weighted by atomic mass is 10.1. The molecule has 0 aliphatic heterocycles. The average molecular weight is 430 g/mol. The van der Waals surface area contributed by atoms with E-state index in [-0.39, 0.29) is 22.6 Å². The third kappa shape index (κ3) is 5.48. The summed E-state index contributed by atoms with van der Waals surface area (Å²) in [6.45, 7) is 3.14. The number of nitrogens with zero attached hydrogens (tertiary/aromatic N) is 1. The van der Waals surface area contributed by atoms with Crippen LogP contribution in [0.3, 0.4) is 0 Å². The molecular formula is C19H21F3N2O4S. The van der Waals surface area contributed by atoms with Crippen LogP contribution in [0.2, 0.25) is 0 Å². The van der Waals surface area contributed by atoms with E-state index in [1.54, 1.807) is 19.9 Å². The zero-order valence-corrected chi connectivity index (χ0v) is 17.1. The van der Waals surface area contributed by atoms with Crippen molar-refractivity contribution >= 4 is 15.9 Å². The summed E-state index contributed by atoms with van der Waals surface area (Å²) in [5.41, 5.74) is 1.37. The highest BCUT2D eigenvalue weighted by atomic mass is 32.2. The van der Waals surface area contributed by atoms with Crippen LogP contribution in [0.15, 0.2) is 41.3 Å². The zero-order valence-electron chi connectivity index (χ0n) is 16.3. The van der Waals surface area contributed by atoms with Gasteiger partial charge in [0.1, 0.15) is 5.75 Å². The molecule has 0 bridgehead atoms. The lowest BCUT2D eigenvalue weighted by molar-refractivity contribution is -0.275. The Bertz CT molecular complexity index is 1020. The number of nitrogens with one attached hydrogen (secondary N) is 1. The second-order valence-electron chi connectivity index (χ2n) is 6.44. The van der Waals surface area contributed by atoms with E-state index in [1.165, 1.54) is 43.3 Å². The number of carbonyl (C=O) groups is 1. The van der Waals surface area contributed by atoms with Crippen LogP contribution in [-0.2, 0) is 16.6 Å². The van der Waals surface area contributed by atoms with E-state index in [9.17, 15) is 26.4 Å². The van der Waals surface area contributed by atoms with Crippen molar-refractivity contribution in [2.24, 2.45) is 0 Å². The van der Waals surface area contributed by atoms with Crippen molar-refractivity contribution < 1.29 is 31.1 Å². The molecule has 6 nitrogen and oxygen atoms in total. The molecule has 1 amide bonds. The Morgan fingerprint density at radius 3 is 2.38 bits per heavy atom. The van der Waals surface area contributed by atoms with E-state index in [2.05, 4.69) is 9.46 Å². The summed E-state index contributed by atoms with van der Waals surface area (Å²) in [4.78, 5) is 14.0. The highest BCUT2D eigenvalue weighted by Crippen LogP contribution is 2.28. The summed E-state index contributed by atoms with van der Waals surface area (Å²) in [5.74, 6) is -0.944. The number of ether oxygens (including phenoxy) is 1. The van der Waals surface area contributed by atoms with E-state index >= 15 is 0 Å². The van der Waals surface area contributed by atoms with Gasteiger partial charge < -0.3 is 9.64 Å². The second-order valence-corrected chi connectivity index (χ2v) is 8.30. The SMILES string of the molecule is CNS(=O)(=O)c1cc(C(=O)N(C)Cc2ccccc2OC(F)(F)F)cc(C)c1C. The number of sulfonamides is 1. The number of alkyl halides is 3. The van der Waals surface area contributed by atoms with E-state index in [0.29, 0.717) is 11.1 Å². The first kappa shape index (κ1) is 22.7. The lowest BCUT2D eigenvalue weighted by Crippen LogP contribution is -2.28. The van der Waals surface area contributed by atoms with E-state index in [4.69, 9.17) is 0 Å². The van der Waals surface area contributed by atoms with Gasteiger partial charge in [0, 0.05) is 24.7 Å². The molecule has 2 aromatic carbocycles. The average Bonchev–Trinajstić information content (AvgIpc) is 2.63. The first-order chi connectivity index (χ1) is 13.4. The Balaban J connectivity index is 2.35. The van der Waals surface area contributed by atoms with Crippen molar-refractivity contribution in [2.75, 3.05) is 14.1 Å². The molecule has 0 heterocycles. The van der Waals surface area contributed by atoms with Gasteiger partial charge in [0.25, 0.3) is 5.91 Å². The third-order valence-corrected chi connectivity index (χ3v) is 5.92. The molecule has 0 unspecified atom stereocenters. The Hall–Kier alpha value is -2.59. The van der Waals surface area contributed by atoms with Gasteiger partial charge in [-0.3, -0.25) is 4.79 Å². The highest BCUT2D eigenvalue weighted by Gasteiger charge is 2.32. The molecule has 10 heteroatoms. The van der Waals surface area contributed by atoms with E-state index in [1.807, 2.05) is 0 Å². The van der Waals surface area contributed by atoms with Crippen molar-refractivity contribution in [1.29, 1.82) is 0 Å². The van der Waals surface area contributed by atoms with Crippen LogP contribution in [0.4, 0.5) is 13.2 Å². The quantitative estimate of drug-likeness (QED) is 0.763. The fourth-order valence-corrected chi connectivity index (χ4v) is 3.81. The number of amides is 1. The first-order valence-electron chi connectivity index (χ1n) is 8.49. The van der Waals surface area contributed by atoms with Crippen molar-refractivity contribution in [3.63, 3.8) is 0 Å². The largest absolute Gasteiger partial charge is 0.573 e. The molecule has 158 valence electrons. The molecule has 0 saturated carbocycles. The van der Waals surface area contributed by atoms with Gasteiger partial charge in [-0.2, -0.15) is 0 Å². The standard InChI is InChI=1S/C19H21F3N2O4S/c1-12-9-15(10-17(13(12)2)29(26,27)23-3)18(25)24(4)11-14-7-5-6-8-16(14)28-19(20,21)22/h5-10,23H,11H2,1-4H3. The second kappa shape index (κ2) is 8.42. The summed E-state index contributed by atoms with van der Waals surface area (Å²) in [6, 6.07) is 8.30. The van der Waals surface area contributed by atoms with Gasteiger partial charge in [-0.25, -0.2) is 13.1 Å². The monoisotopic (exact) mass is 430 g/mol. The van der Waals surface area contributed by atoms with Gasteiger partial charge >= 0.3 is 6.36 Å². The highest BCUT2D eigenvalue weighted by molar-refractivity contribution is 7.89. The van der Waals surface area contributed by atoms with Crippen LogP contribution in [-0.4, -0.2) is 39.7 Å². The number of rotatable bonds is 6. The van der Waals surface area contributed by atoms with Gasteiger partial charge in [0.2, 0.25) is 10.0 Å². The number of hydrogen-bond acceptors (Lipinski definition) is 4. The Morgan fingerprint density at radius 1 is 1.17 bits per heavy atom. The smallest absolute Gasteiger partial charge is 0.405 e. The number of halogens is 3. The molecule has 0 fully saturated rings. The maximum atomic E-state index is 12.8. The summed E-state index contributed by atoms with van der Waals surface area (Å²) in [7, 11) is -1.11. The van der Waals surface area contributed by atoms with Crippen LogP contribution in [0.5, 0.6) is 5.75 Å². The molecule has 0 aliphatic carbocycles. The Morgan fingerprint density at radius 2 is 1.79 bits per heavy atom. The predicted octanol–water partition coefficient (Wildman–Crippen LogP) is 3.38. The molecule has 1 N–H and O–H groups in total. The van der Waals surface area contributed by atoms with Crippen molar-refractivity contribution in [1.82, 2.24) is 9.62 Å². The van der Waals surface area contributed by atoms with Gasteiger partial charge in [0.15, 0.2) is 0 Å². The van der Waals surface area contributed by atoms with Gasteiger partial charge in [0.05, 0.1) is 4.90 Å². The fraction of sp³-hybridized carbons (Fsp3) is 0.316. The fourth-order valence-electron chi connectivity index (χ4n) is 2.75. The lowest BCUT2D eigenvalue weighted by Gasteiger charge is -2.21. The number of carbonyl (C=O) groups excluding carboxylic acids is 1. The molecule has 0 radical (unpaired) electrons. The number of hydrogen-bond donors (Lipinski definition) is 1. The van der Waals surface area contributed by atoms with Crippen molar-refractivity contribution in [3.05, 3.63) is 58.7 Å². The van der Waals surface area contributed by atoms with Crippen molar-refractivity contribution in [2.45, 2.75) is 31.7 Å². The van der Waals surface area contributed by atoms with Gasteiger partial charge in [-0.05, 0) is 50.2 Å². The molecule has 2 rings (SSSR count). The molecule has 2 aromatic rings. The predicted molar refractivity (Wildman–Crippen MR) is 101 cm³/mol. The number of benzene rings is 2. The number of aryl methyl sites for hydroxylation is 1.